The maximum atomic E-state index is 12.5. The van der Waals surface area contributed by atoms with Crippen LogP contribution in [0, 0.1) is 0 Å². The van der Waals surface area contributed by atoms with Crippen molar-refractivity contribution in [1.82, 2.24) is 0 Å². The van der Waals surface area contributed by atoms with E-state index in [4.69, 9.17) is 0 Å². The molecule has 2 aliphatic rings. The molecule has 1 atom stereocenters. The molecule has 1 spiro atoms. The lowest BCUT2D eigenvalue weighted by atomic mass is 9.59. The number of carboxylic acid groups (broad SMARTS) is 1. The second-order valence-corrected chi connectivity index (χ2v) is 9.92. The molecule has 4 heteroatoms. The van der Waals surface area contributed by atoms with E-state index in [1.807, 2.05) is 24.3 Å². The van der Waals surface area contributed by atoms with E-state index in [0.29, 0.717) is 18.8 Å². The molecule has 1 saturated carbocycles. The van der Waals surface area contributed by atoms with Crippen LogP contribution in [0.15, 0.2) is 83.3 Å². The number of hydrogen-bond donors (Lipinski definition) is 2. The third-order valence-corrected chi connectivity index (χ3v) is 7.95. The van der Waals surface area contributed by atoms with Gasteiger partial charge in [0, 0.05) is 15.6 Å². The van der Waals surface area contributed by atoms with E-state index in [1.54, 1.807) is 0 Å². The fourth-order valence-corrected chi connectivity index (χ4v) is 6.28. The fraction of sp³-hybridized carbons (Fsp3) is 0.296. The molecule has 0 radical (unpaired) electrons. The molecular formula is C27H26BrNO2. The second-order valence-electron chi connectivity index (χ2n) is 9.00. The first-order valence-corrected chi connectivity index (χ1v) is 11.7. The van der Waals surface area contributed by atoms with Crippen LogP contribution >= 0.6 is 15.9 Å². The average molecular weight is 476 g/mol. The number of benzene rings is 3. The molecule has 2 aliphatic carbocycles. The number of nitrogens with one attached hydrogen (secondary N) is 1. The topological polar surface area (TPSA) is 49.3 Å². The van der Waals surface area contributed by atoms with E-state index in [2.05, 4.69) is 75.8 Å². The van der Waals surface area contributed by atoms with Gasteiger partial charge in [0.05, 0.1) is 0 Å². The lowest BCUT2D eigenvalue weighted by Crippen LogP contribution is -2.52. The SMILES string of the molecule is O=C(O)C1(Nc2cccc(Br)c2)CCC2(CC1)c1ccccc1C[C@@H]2c1ccccc1. The minimum absolute atomic E-state index is 0.00412. The third kappa shape index (κ3) is 3.47. The molecule has 0 unspecified atom stereocenters. The largest absolute Gasteiger partial charge is 0.480 e. The van der Waals surface area contributed by atoms with Crippen molar-refractivity contribution in [2.45, 2.75) is 49.0 Å². The van der Waals surface area contributed by atoms with E-state index in [0.717, 1.165) is 29.4 Å². The lowest BCUT2D eigenvalue weighted by molar-refractivity contribution is -0.144. The first kappa shape index (κ1) is 20.3. The van der Waals surface area contributed by atoms with Crippen LogP contribution in [-0.2, 0) is 16.6 Å². The van der Waals surface area contributed by atoms with Gasteiger partial charge in [-0.1, -0.05) is 76.6 Å². The van der Waals surface area contributed by atoms with Crippen LogP contribution in [0.5, 0.6) is 0 Å². The van der Waals surface area contributed by atoms with E-state index in [-0.39, 0.29) is 5.41 Å². The highest BCUT2D eigenvalue weighted by Crippen LogP contribution is 2.57. The van der Waals surface area contributed by atoms with Gasteiger partial charge in [-0.25, -0.2) is 4.79 Å². The van der Waals surface area contributed by atoms with Crippen molar-refractivity contribution >= 4 is 27.6 Å². The summed E-state index contributed by atoms with van der Waals surface area (Å²) in [4.78, 5) is 12.5. The smallest absolute Gasteiger partial charge is 0.329 e. The average Bonchev–Trinajstić information content (AvgIpc) is 3.10. The Morgan fingerprint density at radius 1 is 0.903 bits per heavy atom. The molecule has 0 heterocycles. The molecule has 31 heavy (non-hydrogen) atoms. The zero-order chi connectivity index (χ0) is 21.5. The molecule has 2 N–H and O–H groups in total. The maximum absolute atomic E-state index is 12.5. The molecule has 1 fully saturated rings. The van der Waals surface area contributed by atoms with Gasteiger partial charge in [0.25, 0.3) is 0 Å². The Morgan fingerprint density at radius 2 is 1.61 bits per heavy atom. The number of rotatable bonds is 4. The van der Waals surface area contributed by atoms with Crippen molar-refractivity contribution in [3.05, 3.63) is 100 Å². The van der Waals surface area contributed by atoms with Gasteiger partial charge < -0.3 is 10.4 Å². The van der Waals surface area contributed by atoms with Crippen LogP contribution in [0.25, 0.3) is 0 Å². The Bertz CT molecular complexity index is 1100. The van der Waals surface area contributed by atoms with Gasteiger partial charge in [-0.15, -0.1) is 0 Å². The minimum atomic E-state index is -0.940. The summed E-state index contributed by atoms with van der Waals surface area (Å²) < 4.78 is 0.944. The number of anilines is 1. The second kappa shape index (κ2) is 7.83. The molecular weight excluding hydrogens is 450 g/mol. The Hall–Kier alpha value is -2.59. The molecule has 158 valence electrons. The van der Waals surface area contributed by atoms with Crippen molar-refractivity contribution in [3.63, 3.8) is 0 Å². The van der Waals surface area contributed by atoms with Crippen LogP contribution < -0.4 is 5.32 Å². The Morgan fingerprint density at radius 3 is 2.32 bits per heavy atom. The Balaban J connectivity index is 1.50. The molecule has 0 bridgehead atoms. The van der Waals surface area contributed by atoms with Crippen molar-refractivity contribution in [3.8, 4) is 0 Å². The van der Waals surface area contributed by atoms with E-state index >= 15 is 0 Å². The predicted molar refractivity (Wildman–Crippen MR) is 128 cm³/mol. The predicted octanol–water partition coefficient (Wildman–Crippen LogP) is 6.54. The highest BCUT2D eigenvalue weighted by Gasteiger charge is 2.54. The third-order valence-electron chi connectivity index (χ3n) is 7.46. The molecule has 5 rings (SSSR count). The van der Waals surface area contributed by atoms with Crippen LogP contribution in [0.2, 0.25) is 0 Å². The van der Waals surface area contributed by atoms with E-state index in [9.17, 15) is 9.90 Å². The molecule has 0 aliphatic heterocycles. The van der Waals surface area contributed by atoms with Gasteiger partial charge in [0.2, 0.25) is 0 Å². The number of carboxylic acids is 1. The number of carbonyl (C=O) groups is 1. The van der Waals surface area contributed by atoms with Crippen molar-refractivity contribution in [1.29, 1.82) is 0 Å². The highest BCUT2D eigenvalue weighted by atomic mass is 79.9. The van der Waals surface area contributed by atoms with E-state index < -0.39 is 11.5 Å². The van der Waals surface area contributed by atoms with Gasteiger partial charge in [-0.05, 0) is 72.9 Å². The molecule has 3 aromatic carbocycles. The van der Waals surface area contributed by atoms with Gasteiger partial charge in [-0.2, -0.15) is 0 Å². The number of fused-ring (bicyclic) bond motifs is 2. The zero-order valence-corrected chi connectivity index (χ0v) is 18.9. The quantitative estimate of drug-likeness (QED) is 0.450. The summed E-state index contributed by atoms with van der Waals surface area (Å²) in [7, 11) is 0. The van der Waals surface area contributed by atoms with Gasteiger partial charge in [0.1, 0.15) is 5.54 Å². The molecule has 3 aromatic rings. The van der Waals surface area contributed by atoms with Gasteiger partial charge in [-0.3, -0.25) is 0 Å². The number of hydrogen-bond acceptors (Lipinski definition) is 2. The number of aliphatic carboxylic acids is 1. The Labute approximate surface area is 191 Å². The standard InChI is InChI=1S/C27H26BrNO2/c28-21-10-6-11-22(18-21)29-27(25(30)31)15-13-26(14-16-27)23-12-5-4-9-20(23)17-24(26)19-7-2-1-3-8-19/h1-12,18,24,29H,13-17H2,(H,30,31)/t24-,26?,27?/m1/s1. The van der Waals surface area contributed by atoms with Crippen LogP contribution in [0.4, 0.5) is 5.69 Å². The summed E-state index contributed by atoms with van der Waals surface area (Å²) in [5.41, 5.74) is 4.10. The van der Waals surface area contributed by atoms with Gasteiger partial charge in [0.15, 0.2) is 0 Å². The van der Waals surface area contributed by atoms with E-state index in [1.165, 1.54) is 16.7 Å². The maximum Gasteiger partial charge on any atom is 0.329 e. The molecule has 0 aromatic heterocycles. The summed E-state index contributed by atoms with van der Waals surface area (Å²) in [6, 6.07) is 27.3. The van der Waals surface area contributed by atoms with Gasteiger partial charge >= 0.3 is 5.97 Å². The van der Waals surface area contributed by atoms with Crippen molar-refractivity contribution < 1.29 is 9.90 Å². The Kier molecular flexibility index (Phi) is 5.13. The summed E-state index contributed by atoms with van der Waals surface area (Å²) in [6.07, 6.45) is 3.95. The van der Waals surface area contributed by atoms with Crippen LogP contribution in [0.3, 0.4) is 0 Å². The summed E-state index contributed by atoms with van der Waals surface area (Å²) in [5.74, 6) is -0.367. The highest BCUT2D eigenvalue weighted by molar-refractivity contribution is 9.10. The molecule has 0 amide bonds. The zero-order valence-electron chi connectivity index (χ0n) is 17.4. The van der Waals surface area contributed by atoms with Crippen LogP contribution in [-0.4, -0.2) is 16.6 Å². The number of halogens is 1. The molecule has 0 saturated heterocycles. The lowest BCUT2D eigenvalue weighted by Gasteiger charge is -2.47. The summed E-state index contributed by atoms with van der Waals surface area (Å²) in [6.45, 7) is 0. The summed E-state index contributed by atoms with van der Waals surface area (Å²) >= 11 is 3.49. The monoisotopic (exact) mass is 475 g/mol. The first-order valence-electron chi connectivity index (χ1n) is 10.9. The fourth-order valence-electron chi connectivity index (χ4n) is 5.88. The minimum Gasteiger partial charge on any atom is -0.480 e. The molecule has 3 nitrogen and oxygen atoms in total. The van der Waals surface area contributed by atoms with Crippen LogP contribution in [0.1, 0.15) is 48.3 Å². The van der Waals surface area contributed by atoms with Crippen molar-refractivity contribution in [2.75, 3.05) is 5.32 Å². The van der Waals surface area contributed by atoms with Crippen molar-refractivity contribution in [2.24, 2.45) is 0 Å². The first-order chi connectivity index (χ1) is 15.0. The normalized spacial score (nSPS) is 27.1. The summed E-state index contributed by atoms with van der Waals surface area (Å²) in [5, 5.41) is 13.6.